The third-order valence-corrected chi connectivity index (χ3v) is 5.09. The molecule has 0 saturated carbocycles. The molecule has 1 aromatic rings. The Hall–Kier alpha value is -1.81. The largest absolute Gasteiger partial charge is 0.366 e. The minimum Gasteiger partial charge on any atom is -0.366 e. The molecular weight excluding hydrogens is 324 g/mol. The van der Waals surface area contributed by atoms with Crippen LogP contribution >= 0.6 is 11.6 Å². The van der Waals surface area contributed by atoms with Gasteiger partial charge in [0.15, 0.2) is 0 Å². The molecule has 1 fully saturated rings. The van der Waals surface area contributed by atoms with Crippen molar-refractivity contribution < 1.29 is 9.59 Å². The molecule has 128 valence electrons. The minimum atomic E-state index is -0.418. The lowest BCUT2D eigenvalue weighted by atomic mass is 10.0. The normalized spacial score (nSPS) is 19.5. The molecule has 2 amide bonds. The topological polar surface area (TPSA) is 40.6 Å². The van der Waals surface area contributed by atoms with Crippen LogP contribution in [0.3, 0.4) is 0 Å². The van der Waals surface area contributed by atoms with Gasteiger partial charge < -0.3 is 4.90 Å². The van der Waals surface area contributed by atoms with Crippen molar-refractivity contribution >= 4 is 29.1 Å². The van der Waals surface area contributed by atoms with Crippen LogP contribution in [0.15, 0.2) is 35.0 Å². The van der Waals surface area contributed by atoms with E-state index in [0.29, 0.717) is 17.3 Å². The summed E-state index contributed by atoms with van der Waals surface area (Å²) in [5.74, 6) is -0.319. The zero-order chi connectivity index (χ0) is 17.3. The Morgan fingerprint density at radius 2 is 1.50 bits per heavy atom. The van der Waals surface area contributed by atoms with Gasteiger partial charge in [0.2, 0.25) is 0 Å². The zero-order valence-corrected chi connectivity index (χ0v) is 15.0. The molecule has 2 aliphatic heterocycles. The van der Waals surface area contributed by atoms with Crippen LogP contribution in [-0.2, 0) is 9.59 Å². The number of anilines is 1. The Balaban J connectivity index is 1.87. The van der Waals surface area contributed by atoms with Crippen molar-refractivity contribution in [2.24, 2.45) is 0 Å². The lowest BCUT2D eigenvalue weighted by molar-refractivity contribution is -0.121. The standard InChI is InChI=1S/C19H23ClN2O2/c1-13(2)14-7-9-15(10-8-14)22-18(23)16(20)17(19(22)24)21-11-5-3-4-6-12-21/h7-10,13H,3-6,11-12H2,1-2H3. The Labute approximate surface area is 148 Å². The Morgan fingerprint density at radius 1 is 0.917 bits per heavy atom. The Bertz CT molecular complexity index is 671. The molecule has 0 atom stereocenters. The number of carbonyl (C=O) groups is 2. The van der Waals surface area contributed by atoms with Gasteiger partial charge in [0.25, 0.3) is 11.8 Å². The number of rotatable bonds is 3. The number of carbonyl (C=O) groups excluding carboxylic acids is 2. The number of hydrogen-bond acceptors (Lipinski definition) is 3. The summed E-state index contributed by atoms with van der Waals surface area (Å²) in [7, 11) is 0. The van der Waals surface area contributed by atoms with E-state index < -0.39 is 5.91 Å². The van der Waals surface area contributed by atoms with Gasteiger partial charge in [0.1, 0.15) is 10.7 Å². The van der Waals surface area contributed by atoms with Crippen LogP contribution in [0.4, 0.5) is 5.69 Å². The molecule has 1 saturated heterocycles. The Kier molecular flexibility index (Phi) is 4.95. The maximum absolute atomic E-state index is 12.9. The van der Waals surface area contributed by atoms with Gasteiger partial charge in [-0.2, -0.15) is 0 Å². The Morgan fingerprint density at radius 3 is 2.04 bits per heavy atom. The van der Waals surface area contributed by atoms with E-state index in [-0.39, 0.29) is 10.9 Å². The first kappa shape index (κ1) is 17.0. The highest BCUT2D eigenvalue weighted by atomic mass is 35.5. The lowest BCUT2D eigenvalue weighted by Gasteiger charge is -2.23. The molecule has 3 rings (SSSR count). The summed E-state index contributed by atoms with van der Waals surface area (Å²) in [5, 5.41) is 0.0508. The van der Waals surface area contributed by atoms with E-state index >= 15 is 0 Å². The van der Waals surface area contributed by atoms with Crippen molar-refractivity contribution in [3.05, 3.63) is 40.6 Å². The van der Waals surface area contributed by atoms with Gasteiger partial charge in [-0.15, -0.1) is 0 Å². The van der Waals surface area contributed by atoms with Crippen LogP contribution in [0.1, 0.15) is 51.0 Å². The molecule has 0 aliphatic carbocycles. The molecule has 2 aliphatic rings. The predicted molar refractivity (Wildman–Crippen MR) is 95.9 cm³/mol. The fourth-order valence-corrected chi connectivity index (χ4v) is 3.59. The predicted octanol–water partition coefficient (Wildman–Crippen LogP) is 4.01. The van der Waals surface area contributed by atoms with Crippen molar-refractivity contribution in [2.45, 2.75) is 45.4 Å². The molecule has 24 heavy (non-hydrogen) atoms. The molecule has 0 unspecified atom stereocenters. The van der Waals surface area contributed by atoms with E-state index in [1.165, 1.54) is 10.5 Å². The highest BCUT2D eigenvalue weighted by Gasteiger charge is 2.41. The maximum atomic E-state index is 12.9. The number of amides is 2. The van der Waals surface area contributed by atoms with Crippen LogP contribution in [0.25, 0.3) is 0 Å². The molecule has 0 bridgehead atoms. The lowest BCUT2D eigenvalue weighted by Crippen LogP contribution is -2.35. The molecular formula is C19H23ClN2O2. The molecule has 0 radical (unpaired) electrons. The van der Waals surface area contributed by atoms with Crippen LogP contribution in [0.5, 0.6) is 0 Å². The fraction of sp³-hybridized carbons (Fsp3) is 0.474. The second kappa shape index (κ2) is 6.98. The average Bonchev–Trinajstić information content (AvgIpc) is 2.77. The van der Waals surface area contributed by atoms with Crippen molar-refractivity contribution in [1.29, 1.82) is 0 Å². The van der Waals surface area contributed by atoms with Gasteiger partial charge >= 0.3 is 0 Å². The van der Waals surface area contributed by atoms with E-state index in [1.54, 1.807) is 0 Å². The first-order valence-electron chi connectivity index (χ1n) is 8.64. The van der Waals surface area contributed by atoms with Crippen molar-refractivity contribution in [3.8, 4) is 0 Å². The van der Waals surface area contributed by atoms with Gasteiger partial charge in [-0.3, -0.25) is 9.59 Å². The van der Waals surface area contributed by atoms with Gasteiger partial charge in [0.05, 0.1) is 5.69 Å². The van der Waals surface area contributed by atoms with E-state index in [0.717, 1.165) is 38.8 Å². The number of halogens is 1. The minimum absolute atomic E-state index is 0.0508. The molecule has 5 heteroatoms. The first-order chi connectivity index (χ1) is 11.5. The van der Waals surface area contributed by atoms with Crippen molar-refractivity contribution in [2.75, 3.05) is 18.0 Å². The summed E-state index contributed by atoms with van der Waals surface area (Å²) < 4.78 is 0. The summed E-state index contributed by atoms with van der Waals surface area (Å²) in [6.07, 6.45) is 4.37. The number of benzene rings is 1. The molecule has 0 aromatic heterocycles. The zero-order valence-electron chi connectivity index (χ0n) is 14.2. The summed E-state index contributed by atoms with van der Waals surface area (Å²) in [6.45, 7) is 5.78. The summed E-state index contributed by atoms with van der Waals surface area (Å²) in [6, 6.07) is 7.55. The van der Waals surface area contributed by atoms with E-state index in [4.69, 9.17) is 11.6 Å². The van der Waals surface area contributed by atoms with Crippen molar-refractivity contribution in [1.82, 2.24) is 4.90 Å². The molecule has 0 N–H and O–H groups in total. The summed E-state index contributed by atoms with van der Waals surface area (Å²) in [4.78, 5) is 28.6. The molecule has 2 heterocycles. The first-order valence-corrected chi connectivity index (χ1v) is 9.02. The van der Waals surface area contributed by atoms with Gasteiger partial charge in [-0.1, -0.05) is 50.4 Å². The molecule has 1 aromatic carbocycles. The second-order valence-corrected chi connectivity index (χ2v) is 7.13. The van der Waals surface area contributed by atoms with Crippen LogP contribution in [-0.4, -0.2) is 29.8 Å². The van der Waals surface area contributed by atoms with Gasteiger partial charge in [-0.25, -0.2) is 4.90 Å². The molecule has 0 spiro atoms. The van der Waals surface area contributed by atoms with Crippen LogP contribution in [0.2, 0.25) is 0 Å². The van der Waals surface area contributed by atoms with E-state index in [1.807, 2.05) is 29.2 Å². The number of likely N-dealkylation sites (tertiary alicyclic amines) is 1. The second-order valence-electron chi connectivity index (χ2n) is 6.76. The van der Waals surface area contributed by atoms with E-state index in [9.17, 15) is 9.59 Å². The molecule has 4 nitrogen and oxygen atoms in total. The summed E-state index contributed by atoms with van der Waals surface area (Å²) in [5.41, 5.74) is 2.12. The number of imide groups is 1. The fourth-order valence-electron chi connectivity index (χ4n) is 3.30. The SMILES string of the molecule is CC(C)c1ccc(N2C(=O)C(Cl)=C(N3CCCCCC3)C2=O)cc1. The highest BCUT2D eigenvalue weighted by molar-refractivity contribution is 6.52. The quantitative estimate of drug-likeness (QED) is 0.776. The third kappa shape index (κ3) is 3.07. The van der Waals surface area contributed by atoms with E-state index in [2.05, 4.69) is 13.8 Å². The average molecular weight is 347 g/mol. The maximum Gasteiger partial charge on any atom is 0.283 e. The monoisotopic (exact) mass is 346 g/mol. The van der Waals surface area contributed by atoms with Crippen LogP contribution < -0.4 is 4.90 Å². The van der Waals surface area contributed by atoms with Gasteiger partial charge in [0, 0.05) is 13.1 Å². The summed E-state index contributed by atoms with van der Waals surface area (Å²) >= 11 is 6.26. The third-order valence-electron chi connectivity index (χ3n) is 4.74. The number of nitrogens with zero attached hydrogens (tertiary/aromatic N) is 2. The highest BCUT2D eigenvalue weighted by Crippen LogP contribution is 2.32. The van der Waals surface area contributed by atoms with Crippen molar-refractivity contribution in [3.63, 3.8) is 0 Å². The van der Waals surface area contributed by atoms with Gasteiger partial charge in [-0.05, 0) is 36.5 Å². The smallest absolute Gasteiger partial charge is 0.283 e. The number of hydrogen-bond donors (Lipinski definition) is 0. The van der Waals surface area contributed by atoms with Crippen LogP contribution in [0, 0.1) is 0 Å².